The molecule has 0 aliphatic rings. The Morgan fingerprint density at radius 3 is 2.45 bits per heavy atom. The van der Waals surface area contributed by atoms with Crippen LogP contribution in [-0.2, 0) is 10.0 Å². The first kappa shape index (κ1) is 16.9. The Morgan fingerprint density at radius 1 is 1.30 bits per heavy atom. The Balaban J connectivity index is 3.12. The standard InChI is InChI=1S/C14H25N3O2S/c1-5-12(6-2)11-17(7-3)20(18,19)13-9-8-10-16-14(13)15-4/h8-10,12H,5-7,11H2,1-4H3,(H,15,16). The molecule has 0 bridgehead atoms. The summed E-state index contributed by atoms with van der Waals surface area (Å²) in [4.78, 5) is 4.33. The Hall–Kier alpha value is -1.14. The van der Waals surface area contributed by atoms with Crippen molar-refractivity contribution in [1.82, 2.24) is 9.29 Å². The van der Waals surface area contributed by atoms with E-state index in [1.54, 1.807) is 29.7 Å². The van der Waals surface area contributed by atoms with Gasteiger partial charge in [0.05, 0.1) is 0 Å². The van der Waals surface area contributed by atoms with Crippen LogP contribution in [0.3, 0.4) is 0 Å². The maximum Gasteiger partial charge on any atom is 0.246 e. The van der Waals surface area contributed by atoms with E-state index in [1.807, 2.05) is 6.92 Å². The van der Waals surface area contributed by atoms with Gasteiger partial charge in [-0.25, -0.2) is 13.4 Å². The zero-order valence-electron chi connectivity index (χ0n) is 12.8. The molecule has 114 valence electrons. The van der Waals surface area contributed by atoms with E-state index in [0.29, 0.717) is 24.8 Å². The van der Waals surface area contributed by atoms with Crippen LogP contribution in [0.4, 0.5) is 5.82 Å². The number of nitrogens with zero attached hydrogens (tertiary/aromatic N) is 2. The Morgan fingerprint density at radius 2 is 1.95 bits per heavy atom. The number of anilines is 1. The molecule has 0 aliphatic carbocycles. The summed E-state index contributed by atoms with van der Waals surface area (Å²) in [5.41, 5.74) is 0. The SMILES string of the molecule is CCC(CC)CN(CC)S(=O)(=O)c1cccnc1NC. The lowest BCUT2D eigenvalue weighted by Crippen LogP contribution is -2.35. The van der Waals surface area contributed by atoms with Crippen molar-refractivity contribution in [3.05, 3.63) is 18.3 Å². The van der Waals surface area contributed by atoms with Gasteiger partial charge in [0.2, 0.25) is 10.0 Å². The molecule has 0 unspecified atom stereocenters. The fraction of sp³-hybridized carbons (Fsp3) is 0.643. The molecule has 5 nitrogen and oxygen atoms in total. The highest BCUT2D eigenvalue weighted by molar-refractivity contribution is 7.89. The normalized spacial score (nSPS) is 12.1. The van der Waals surface area contributed by atoms with Gasteiger partial charge in [-0.3, -0.25) is 0 Å². The van der Waals surface area contributed by atoms with Crippen LogP contribution < -0.4 is 5.32 Å². The van der Waals surface area contributed by atoms with Crippen molar-refractivity contribution in [2.24, 2.45) is 5.92 Å². The number of hydrogen-bond donors (Lipinski definition) is 1. The number of pyridine rings is 1. The van der Waals surface area contributed by atoms with Gasteiger partial charge in [0.15, 0.2) is 0 Å². The fourth-order valence-electron chi connectivity index (χ4n) is 2.16. The average molecular weight is 299 g/mol. The molecule has 0 spiro atoms. The topological polar surface area (TPSA) is 62.3 Å². The van der Waals surface area contributed by atoms with Crippen LogP contribution in [0, 0.1) is 5.92 Å². The smallest absolute Gasteiger partial charge is 0.246 e. The second-order valence-electron chi connectivity index (χ2n) is 4.74. The maximum atomic E-state index is 12.8. The van der Waals surface area contributed by atoms with Crippen LogP contribution in [0.5, 0.6) is 0 Å². The number of aromatic nitrogens is 1. The maximum absolute atomic E-state index is 12.8. The molecule has 1 N–H and O–H groups in total. The van der Waals surface area contributed by atoms with Crippen molar-refractivity contribution in [2.75, 3.05) is 25.5 Å². The second-order valence-corrected chi connectivity index (χ2v) is 6.64. The summed E-state index contributed by atoms with van der Waals surface area (Å²) in [7, 11) is -1.82. The van der Waals surface area contributed by atoms with Gasteiger partial charge in [-0.15, -0.1) is 0 Å². The van der Waals surface area contributed by atoms with Crippen molar-refractivity contribution >= 4 is 15.8 Å². The molecule has 1 heterocycles. The summed E-state index contributed by atoms with van der Waals surface area (Å²) >= 11 is 0. The predicted molar refractivity (Wildman–Crippen MR) is 82.3 cm³/mol. The third kappa shape index (κ3) is 3.70. The van der Waals surface area contributed by atoms with Gasteiger partial charge in [-0.2, -0.15) is 4.31 Å². The Bertz CT molecular complexity index is 513. The molecule has 0 amide bonds. The summed E-state index contributed by atoms with van der Waals surface area (Å²) in [6, 6.07) is 3.25. The highest BCUT2D eigenvalue weighted by Crippen LogP contribution is 2.23. The molecule has 0 atom stereocenters. The minimum Gasteiger partial charge on any atom is -0.372 e. The van der Waals surface area contributed by atoms with Crippen molar-refractivity contribution in [3.8, 4) is 0 Å². The van der Waals surface area contributed by atoms with Gasteiger partial charge < -0.3 is 5.32 Å². The van der Waals surface area contributed by atoms with Crippen LogP contribution in [0.1, 0.15) is 33.6 Å². The highest BCUT2D eigenvalue weighted by atomic mass is 32.2. The molecule has 0 radical (unpaired) electrons. The molecule has 0 saturated carbocycles. The van der Waals surface area contributed by atoms with Gasteiger partial charge in [0.25, 0.3) is 0 Å². The van der Waals surface area contributed by atoms with Gasteiger partial charge in [-0.1, -0.05) is 33.6 Å². The van der Waals surface area contributed by atoms with E-state index in [-0.39, 0.29) is 4.90 Å². The Kier molecular flexibility index (Phi) is 6.42. The first-order chi connectivity index (χ1) is 9.51. The van der Waals surface area contributed by atoms with E-state index in [1.165, 1.54) is 0 Å². The molecule has 0 aromatic carbocycles. The molecular formula is C14H25N3O2S. The minimum absolute atomic E-state index is 0.246. The van der Waals surface area contributed by atoms with E-state index in [0.717, 1.165) is 12.8 Å². The monoisotopic (exact) mass is 299 g/mol. The van der Waals surface area contributed by atoms with Crippen LogP contribution in [0.15, 0.2) is 23.2 Å². The third-order valence-corrected chi connectivity index (χ3v) is 5.57. The van der Waals surface area contributed by atoms with E-state index < -0.39 is 10.0 Å². The molecule has 0 fully saturated rings. The van der Waals surface area contributed by atoms with E-state index in [2.05, 4.69) is 24.1 Å². The Labute approximate surface area is 122 Å². The lowest BCUT2D eigenvalue weighted by Gasteiger charge is -2.25. The van der Waals surface area contributed by atoms with Crippen molar-refractivity contribution < 1.29 is 8.42 Å². The average Bonchev–Trinajstić information content (AvgIpc) is 2.48. The third-order valence-electron chi connectivity index (χ3n) is 3.59. The first-order valence-electron chi connectivity index (χ1n) is 7.14. The van der Waals surface area contributed by atoms with Crippen LogP contribution in [0.2, 0.25) is 0 Å². The first-order valence-corrected chi connectivity index (χ1v) is 8.58. The fourth-order valence-corrected chi connectivity index (χ4v) is 3.83. The zero-order chi connectivity index (χ0) is 15.2. The number of sulfonamides is 1. The molecular weight excluding hydrogens is 274 g/mol. The van der Waals surface area contributed by atoms with Gasteiger partial charge in [-0.05, 0) is 18.1 Å². The minimum atomic E-state index is -3.50. The lowest BCUT2D eigenvalue weighted by atomic mass is 10.0. The highest BCUT2D eigenvalue weighted by Gasteiger charge is 2.27. The van der Waals surface area contributed by atoms with Crippen LogP contribution in [0.25, 0.3) is 0 Å². The molecule has 0 saturated heterocycles. The summed E-state index contributed by atoms with van der Waals surface area (Å²) in [6.45, 7) is 7.09. The van der Waals surface area contributed by atoms with Crippen molar-refractivity contribution in [2.45, 2.75) is 38.5 Å². The van der Waals surface area contributed by atoms with Crippen molar-refractivity contribution in [3.63, 3.8) is 0 Å². The second kappa shape index (κ2) is 7.59. The van der Waals surface area contributed by atoms with E-state index >= 15 is 0 Å². The predicted octanol–water partition coefficient (Wildman–Crippen LogP) is 2.57. The zero-order valence-corrected chi connectivity index (χ0v) is 13.6. The number of nitrogens with one attached hydrogen (secondary N) is 1. The van der Waals surface area contributed by atoms with Crippen LogP contribution >= 0.6 is 0 Å². The van der Waals surface area contributed by atoms with E-state index in [4.69, 9.17) is 0 Å². The van der Waals surface area contributed by atoms with Gasteiger partial charge >= 0.3 is 0 Å². The molecule has 1 aromatic heterocycles. The lowest BCUT2D eigenvalue weighted by molar-refractivity contribution is 0.339. The van der Waals surface area contributed by atoms with Crippen LogP contribution in [-0.4, -0.2) is 37.8 Å². The number of rotatable bonds is 8. The molecule has 1 rings (SSSR count). The number of hydrogen-bond acceptors (Lipinski definition) is 4. The molecule has 1 aromatic rings. The summed E-state index contributed by atoms with van der Waals surface area (Å²) in [6.07, 6.45) is 3.55. The summed E-state index contributed by atoms with van der Waals surface area (Å²) in [5.74, 6) is 0.787. The van der Waals surface area contributed by atoms with E-state index in [9.17, 15) is 8.42 Å². The quantitative estimate of drug-likeness (QED) is 0.801. The van der Waals surface area contributed by atoms with Gasteiger partial charge in [0, 0.05) is 26.3 Å². The largest absolute Gasteiger partial charge is 0.372 e. The molecule has 20 heavy (non-hydrogen) atoms. The summed E-state index contributed by atoms with van der Waals surface area (Å²) < 4.78 is 27.1. The molecule has 0 aliphatic heterocycles. The summed E-state index contributed by atoms with van der Waals surface area (Å²) in [5, 5.41) is 2.84. The van der Waals surface area contributed by atoms with Gasteiger partial charge in [0.1, 0.15) is 10.7 Å². The van der Waals surface area contributed by atoms with Crippen molar-refractivity contribution in [1.29, 1.82) is 0 Å². The molecule has 6 heteroatoms.